The summed E-state index contributed by atoms with van der Waals surface area (Å²) in [5.74, 6) is -0.100. The molecule has 1 nitrogen and oxygen atoms in total. The zero-order valence-corrected chi connectivity index (χ0v) is 13.1. The summed E-state index contributed by atoms with van der Waals surface area (Å²) in [7, 11) is 0. The maximum absolute atomic E-state index is 13.5. The fraction of sp³-hybridized carbons (Fsp3) is 0.200. The molecule has 5 heteroatoms. The van der Waals surface area contributed by atoms with Crippen molar-refractivity contribution in [3.63, 3.8) is 0 Å². The summed E-state index contributed by atoms with van der Waals surface area (Å²) in [4.78, 5) is 0. The average molecular weight is 362 g/mol. The van der Waals surface area contributed by atoms with Crippen molar-refractivity contribution in [1.82, 2.24) is 0 Å². The van der Waals surface area contributed by atoms with Gasteiger partial charge in [0.2, 0.25) is 0 Å². The summed E-state index contributed by atoms with van der Waals surface area (Å²) >= 11 is 9.26. The van der Waals surface area contributed by atoms with E-state index >= 15 is 0 Å². The fourth-order valence-electron chi connectivity index (χ4n) is 1.91. The third-order valence-electron chi connectivity index (χ3n) is 2.84. The molecular formula is C15H12BrClF2O. The van der Waals surface area contributed by atoms with Crippen LogP contribution in [-0.2, 0) is 12.5 Å². The van der Waals surface area contributed by atoms with E-state index in [1.165, 1.54) is 0 Å². The van der Waals surface area contributed by atoms with Gasteiger partial charge in [0.05, 0.1) is 5.88 Å². The van der Waals surface area contributed by atoms with E-state index < -0.39 is 11.6 Å². The Balaban J connectivity index is 2.25. The molecule has 0 fully saturated rings. The fourth-order valence-corrected chi connectivity index (χ4v) is 2.73. The summed E-state index contributed by atoms with van der Waals surface area (Å²) < 4.78 is 33.2. The third-order valence-corrected chi connectivity index (χ3v) is 3.59. The lowest BCUT2D eigenvalue weighted by molar-refractivity contribution is 0.294. The van der Waals surface area contributed by atoms with Crippen molar-refractivity contribution in [2.45, 2.75) is 19.4 Å². The highest BCUT2D eigenvalue weighted by Crippen LogP contribution is 2.30. The molecule has 0 spiro atoms. The van der Waals surface area contributed by atoms with Gasteiger partial charge in [-0.1, -0.05) is 15.9 Å². The van der Waals surface area contributed by atoms with Gasteiger partial charge in [-0.15, -0.1) is 11.6 Å². The highest BCUT2D eigenvalue weighted by atomic mass is 79.9. The molecule has 0 N–H and O–H groups in total. The van der Waals surface area contributed by atoms with Crippen LogP contribution >= 0.6 is 27.5 Å². The number of halogens is 4. The second-order valence-corrected chi connectivity index (χ2v) is 5.55. The van der Waals surface area contributed by atoms with Crippen molar-refractivity contribution in [2.75, 3.05) is 0 Å². The number of hydrogen-bond donors (Lipinski definition) is 0. The number of rotatable bonds is 4. The van der Waals surface area contributed by atoms with Crippen molar-refractivity contribution in [3.8, 4) is 5.75 Å². The van der Waals surface area contributed by atoms with Crippen LogP contribution in [0.1, 0.15) is 16.7 Å². The standard InChI is InChI=1S/C15H12BrClF2O/c1-9-4-12(16)5-10(7-17)15(9)20-8-11-6-13(18)2-3-14(11)19/h2-6H,7-8H2,1H3. The van der Waals surface area contributed by atoms with Gasteiger partial charge in [-0.3, -0.25) is 0 Å². The Kier molecular flexibility index (Phi) is 5.00. The van der Waals surface area contributed by atoms with Crippen LogP contribution in [0.4, 0.5) is 8.78 Å². The summed E-state index contributed by atoms with van der Waals surface area (Å²) in [6.45, 7) is 1.83. The zero-order valence-electron chi connectivity index (χ0n) is 10.7. The molecule has 0 atom stereocenters. The number of aryl methyl sites for hydroxylation is 1. The molecule has 2 aromatic rings. The Bertz CT molecular complexity index is 632. The van der Waals surface area contributed by atoms with Crippen LogP contribution in [0, 0.1) is 18.6 Å². The van der Waals surface area contributed by atoms with Gasteiger partial charge >= 0.3 is 0 Å². The van der Waals surface area contributed by atoms with Gasteiger partial charge in [-0.2, -0.15) is 0 Å². The highest BCUT2D eigenvalue weighted by Gasteiger charge is 2.11. The lowest BCUT2D eigenvalue weighted by atomic mass is 10.1. The van der Waals surface area contributed by atoms with Gasteiger partial charge in [0.1, 0.15) is 24.0 Å². The van der Waals surface area contributed by atoms with E-state index in [9.17, 15) is 8.78 Å². The van der Waals surface area contributed by atoms with Gasteiger partial charge in [0, 0.05) is 15.6 Å². The zero-order chi connectivity index (χ0) is 14.7. The Labute approximate surface area is 129 Å². The van der Waals surface area contributed by atoms with Gasteiger partial charge in [0.25, 0.3) is 0 Å². The topological polar surface area (TPSA) is 9.23 Å². The first-order valence-electron chi connectivity index (χ1n) is 5.93. The van der Waals surface area contributed by atoms with E-state index in [0.29, 0.717) is 5.75 Å². The summed E-state index contributed by atoms with van der Waals surface area (Å²) in [6.07, 6.45) is 0. The van der Waals surface area contributed by atoms with Gasteiger partial charge < -0.3 is 4.74 Å². The monoisotopic (exact) mass is 360 g/mol. The van der Waals surface area contributed by atoms with Crippen molar-refractivity contribution in [3.05, 3.63) is 63.1 Å². The lowest BCUT2D eigenvalue weighted by Crippen LogP contribution is -2.02. The molecule has 0 amide bonds. The van der Waals surface area contributed by atoms with Crippen molar-refractivity contribution in [1.29, 1.82) is 0 Å². The first-order chi connectivity index (χ1) is 9.51. The molecule has 0 saturated heterocycles. The Hall–Kier alpha value is -1.13. The largest absolute Gasteiger partial charge is 0.488 e. The molecule has 2 aromatic carbocycles. The van der Waals surface area contributed by atoms with Crippen LogP contribution in [0.3, 0.4) is 0 Å². The van der Waals surface area contributed by atoms with E-state index in [0.717, 1.165) is 33.8 Å². The smallest absolute Gasteiger partial charge is 0.130 e. The second kappa shape index (κ2) is 6.55. The van der Waals surface area contributed by atoms with Crippen LogP contribution in [0.15, 0.2) is 34.8 Å². The van der Waals surface area contributed by atoms with Crippen molar-refractivity contribution >= 4 is 27.5 Å². The van der Waals surface area contributed by atoms with E-state index in [1.54, 1.807) is 0 Å². The van der Waals surface area contributed by atoms with Crippen molar-refractivity contribution in [2.24, 2.45) is 0 Å². The van der Waals surface area contributed by atoms with Crippen LogP contribution < -0.4 is 4.74 Å². The molecule has 0 aliphatic rings. The van der Waals surface area contributed by atoms with Gasteiger partial charge in [0.15, 0.2) is 0 Å². The number of alkyl halides is 1. The van der Waals surface area contributed by atoms with Crippen LogP contribution in [0.2, 0.25) is 0 Å². The highest BCUT2D eigenvalue weighted by molar-refractivity contribution is 9.10. The minimum atomic E-state index is -0.492. The molecule has 0 aliphatic heterocycles. The summed E-state index contributed by atoms with van der Waals surface area (Å²) in [6, 6.07) is 7.02. The lowest BCUT2D eigenvalue weighted by Gasteiger charge is -2.14. The average Bonchev–Trinajstić information content (AvgIpc) is 2.40. The van der Waals surface area contributed by atoms with E-state index in [1.807, 2.05) is 19.1 Å². The molecular weight excluding hydrogens is 350 g/mol. The van der Waals surface area contributed by atoms with E-state index in [-0.39, 0.29) is 18.1 Å². The Morgan fingerprint density at radius 2 is 1.90 bits per heavy atom. The van der Waals surface area contributed by atoms with Crippen LogP contribution in [-0.4, -0.2) is 0 Å². The molecule has 106 valence electrons. The molecule has 0 heterocycles. The van der Waals surface area contributed by atoms with Gasteiger partial charge in [-0.25, -0.2) is 8.78 Å². The minimum absolute atomic E-state index is 0.0457. The predicted octanol–water partition coefficient (Wildman–Crippen LogP) is 5.35. The molecule has 0 saturated carbocycles. The normalized spacial score (nSPS) is 10.7. The molecule has 0 radical (unpaired) electrons. The summed E-state index contributed by atoms with van der Waals surface area (Å²) in [5.41, 5.74) is 1.86. The molecule has 0 unspecified atom stereocenters. The molecule has 2 rings (SSSR count). The molecule has 0 bridgehead atoms. The molecule has 20 heavy (non-hydrogen) atoms. The van der Waals surface area contributed by atoms with E-state index in [4.69, 9.17) is 16.3 Å². The third kappa shape index (κ3) is 3.49. The SMILES string of the molecule is Cc1cc(Br)cc(CCl)c1OCc1cc(F)ccc1F. The first kappa shape index (κ1) is 15.3. The van der Waals surface area contributed by atoms with Gasteiger partial charge in [-0.05, 0) is 42.8 Å². The summed E-state index contributed by atoms with van der Waals surface area (Å²) in [5, 5.41) is 0. The van der Waals surface area contributed by atoms with Crippen LogP contribution in [0.5, 0.6) is 5.75 Å². The number of hydrogen-bond acceptors (Lipinski definition) is 1. The van der Waals surface area contributed by atoms with Crippen LogP contribution in [0.25, 0.3) is 0 Å². The molecule has 0 aliphatic carbocycles. The maximum Gasteiger partial charge on any atom is 0.130 e. The Morgan fingerprint density at radius 1 is 1.15 bits per heavy atom. The second-order valence-electron chi connectivity index (χ2n) is 4.37. The van der Waals surface area contributed by atoms with E-state index in [2.05, 4.69) is 15.9 Å². The minimum Gasteiger partial charge on any atom is -0.488 e. The number of benzene rings is 2. The quantitative estimate of drug-likeness (QED) is 0.667. The predicted molar refractivity (Wildman–Crippen MR) is 79.1 cm³/mol. The number of ether oxygens (including phenoxy) is 1. The molecule has 0 aromatic heterocycles. The maximum atomic E-state index is 13.5. The Morgan fingerprint density at radius 3 is 2.60 bits per heavy atom. The van der Waals surface area contributed by atoms with Crippen molar-refractivity contribution < 1.29 is 13.5 Å². The first-order valence-corrected chi connectivity index (χ1v) is 7.25.